The number of rotatable bonds is 0. The average molecular weight is 129 g/mol. The van der Waals surface area contributed by atoms with E-state index in [-0.39, 0.29) is 0 Å². The molecule has 0 atom stereocenters. The Labute approximate surface area is 38.6 Å². The van der Waals surface area contributed by atoms with Gasteiger partial charge in [0.1, 0.15) is 0 Å². The van der Waals surface area contributed by atoms with Crippen molar-refractivity contribution in [3.63, 3.8) is 0 Å². The molecule has 0 saturated carbocycles. The van der Waals surface area contributed by atoms with Crippen molar-refractivity contribution in [2.45, 2.75) is 18.1 Å². The maximum atomic E-state index is 2.52. The van der Waals surface area contributed by atoms with Crippen LogP contribution in [0.2, 0.25) is 5.25 Å². The Morgan fingerprint density at radius 1 is 1.60 bits per heavy atom. The van der Waals surface area contributed by atoms with E-state index in [4.69, 9.17) is 0 Å². The zero-order chi connectivity index (χ0) is 3.54. The summed E-state index contributed by atoms with van der Waals surface area (Å²) in [5.41, 5.74) is 0. The Morgan fingerprint density at radius 2 is 2.60 bits per heavy atom. The molecule has 0 aromatic carbocycles. The van der Waals surface area contributed by atoms with Crippen molar-refractivity contribution < 1.29 is 0 Å². The van der Waals surface area contributed by atoms with Gasteiger partial charge in [-0.1, -0.05) is 0 Å². The Balaban J connectivity index is 2.32. The van der Waals surface area contributed by atoms with E-state index < -0.39 is 0 Å². The third-order valence-electron chi connectivity index (χ3n) is 0.908. The molecule has 0 saturated heterocycles. The van der Waals surface area contributed by atoms with Crippen molar-refractivity contribution in [1.29, 1.82) is 0 Å². The Hall–Kier alpha value is 0.413. The van der Waals surface area contributed by atoms with Gasteiger partial charge in [-0.2, -0.15) is 0 Å². The van der Waals surface area contributed by atoms with Crippen LogP contribution in [-0.2, 0) is 0 Å². The van der Waals surface area contributed by atoms with Crippen molar-refractivity contribution in [3.05, 3.63) is 0 Å². The second kappa shape index (κ2) is 1.75. The van der Waals surface area contributed by atoms with Crippen LogP contribution in [0.1, 0.15) is 12.8 Å². The summed E-state index contributed by atoms with van der Waals surface area (Å²) in [6.45, 7) is 0. The van der Waals surface area contributed by atoms with Gasteiger partial charge in [0.25, 0.3) is 0 Å². The van der Waals surface area contributed by atoms with Crippen LogP contribution in [0.4, 0.5) is 0 Å². The van der Waals surface area contributed by atoms with Crippen molar-refractivity contribution in [1.82, 2.24) is 0 Å². The summed E-state index contributed by atoms with van der Waals surface area (Å²) in [4.78, 5) is 2.52. The van der Waals surface area contributed by atoms with Gasteiger partial charge in [-0.15, -0.1) is 0 Å². The first-order chi connectivity index (χ1) is 2.50. The van der Waals surface area contributed by atoms with E-state index in [0.29, 0.717) is 15.0 Å². The molecule has 1 heteroatoms. The quantitative estimate of drug-likeness (QED) is 0.416. The van der Waals surface area contributed by atoms with Gasteiger partial charge < -0.3 is 0 Å². The fourth-order valence-electron chi connectivity index (χ4n) is 0.589. The van der Waals surface area contributed by atoms with Gasteiger partial charge in [0.05, 0.1) is 0 Å². The Morgan fingerprint density at radius 3 is 2.80 bits per heavy atom. The summed E-state index contributed by atoms with van der Waals surface area (Å²) in [5, 5.41) is 1.60. The van der Waals surface area contributed by atoms with E-state index in [0.717, 1.165) is 0 Å². The molecule has 0 bridgehead atoms. The van der Waals surface area contributed by atoms with Crippen molar-refractivity contribution in [2.75, 3.05) is 0 Å². The molecule has 0 fully saturated rings. The maximum absolute atomic E-state index is 2.52. The first-order valence-corrected chi connectivity index (χ1v) is 5.26. The summed E-state index contributed by atoms with van der Waals surface area (Å²) >= 11 is 0.299. The predicted molar refractivity (Wildman–Crippen MR) is 27.3 cm³/mol. The van der Waals surface area contributed by atoms with Gasteiger partial charge in [0, 0.05) is 0 Å². The zero-order valence-electron chi connectivity index (χ0n) is 3.28. The molecule has 5 heavy (non-hydrogen) atoms. The Kier molecular flexibility index (Phi) is 1.26. The van der Waals surface area contributed by atoms with Crippen LogP contribution in [0, 0.1) is 0 Å². The van der Waals surface area contributed by atoms with Gasteiger partial charge in [0.15, 0.2) is 0 Å². The Bertz CT molecular complexity index is 41.6. The molecule has 1 aliphatic rings. The predicted octanol–water partition coefficient (Wildman–Crippen LogP) is 0.437. The summed E-state index contributed by atoms with van der Waals surface area (Å²) in [6, 6.07) is 0. The van der Waals surface area contributed by atoms with E-state index in [1.165, 1.54) is 12.8 Å². The SMILES string of the molecule is [CH]1=[GeH][CH2]CC1. The van der Waals surface area contributed by atoms with E-state index in [1.54, 1.807) is 5.25 Å². The first kappa shape index (κ1) is 3.60. The molecule has 1 aliphatic heterocycles. The van der Waals surface area contributed by atoms with Crippen LogP contribution in [0.5, 0.6) is 0 Å². The molecule has 0 spiro atoms. The molecule has 0 aromatic rings. The van der Waals surface area contributed by atoms with Gasteiger partial charge in [-0.25, -0.2) is 0 Å². The zero-order valence-corrected chi connectivity index (χ0v) is 5.70. The van der Waals surface area contributed by atoms with Gasteiger partial charge in [-0.3, -0.25) is 0 Å². The van der Waals surface area contributed by atoms with E-state index in [1.807, 2.05) is 0 Å². The molecule has 1 heterocycles. The molecule has 28 valence electrons. The van der Waals surface area contributed by atoms with Gasteiger partial charge in [-0.05, 0) is 0 Å². The first-order valence-electron chi connectivity index (χ1n) is 2.15. The minimum atomic E-state index is 0.299. The van der Waals surface area contributed by atoms with Crippen LogP contribution in [0.15, 0.2) is 0 Å². The van der Waals surface area contributed by atoms with Gasteiger partial charge >= 0.3 is 37.9 Å². The van der Waals surface area contributed by atoms with Crippen molar-refractivity contribution in [3.8, 4) is 0 Å². The van der Waals surface area contributed by atoms with Gasteiger partial charge in [0.2, 0.25) is 0 Å². The summed E-state index contributed by atoms with van der Waals surface area (Å²) < 4.78 is 0. The average Bonchev–Trinajstić information content (AvgIpc) is 1.76. The van der Waals surface area contributed by atoms with Crippen molar-refractivity contribution >= 4 is 19.8 Å². The third-order valence-corrected chi connectivity index (χ3v) is 3.86. The monoisotopic (exact) mass is 130 g/mol. The molecule has 0 nitrogen and oxygen atoms in total. The number of hydrogen-bond acceptors (Lipinski definition) is 0. The summed E-state index contributed by atoms with van der Waals surface area (Å²) in [7, 11) is 0. The third kappa shape index (κ3) is 0.877. The standard InChI is InChI=1S/C4H8Ge/c1-2-4-5-3-1/h3,5H,1-2,4H2. The van der Waals surface area contributed by atoms with E-state index in [2.05, 4.69) is 4.85 Å². The molecule has 0 radical (unpaired) electrons. The van der Waals surface area contributed by atoms with Crippen LogP contribution in [-0.4, -0.2) is 19.8 Å². The molecule has 1 rings (SSSR count). The molecular formula is C4H8Ge. The fraction of sp³-hybridized carbons (Fsp3) is 0.750. The molecule has 0 amide bonds. The molecule has 0 unspecified atom stereocenters. The second-order valence-corrected chi connectivity index (χ2v) is 4.59. The number of hydrogen-bond donors (Lipinski definition) is 0. The van der Waals surface area contributed by atoms with Crippen LogP contribution in [0.3, 0.4) is 0 Å². The van der Waals surface area contributed by atoms with Crippen LogP contribution in [0.25, 0.3) is 0 Å². The normalized spacial score (nSPS) is 20.8. The molecule has 0 aromatic heterocycles. The second-order valence-electron chi connectivity index (χ2n) is 1.40. The van der Waals surface area contributed by atoms with E-state index in [9.17, 15) is 0 Å². The molecular weight excluding hydrogens is 121 g/mol. The fourth-order valence-corrected chi connectivity index (χ4v) is 3.06. The summed E-state index contributed by atoms with van der Waals surface area (Å²) in [6.07, 6.45) is 2.96. The molecule has 0 N–H and O–H groups in total. The van der Waals surface area contributed by atoms with Crippen molar-refractivity contribution in [2.24, 2.45) is 0 Å². The van der Waals surface area contributed by atoms with Crippen LogP contribution < -0.4 is 0 Å². The van der Waals surface area contributed by atoms with Crippen LogP contribution >= 0.6 is 0 Å². The minimum absolute atomic E-state index is 0.299. The molecule has 0 aliphatic carbocycles. The summed E-state index contributed by atoms with van der Waals surface area (Å²) in [5.74, 6) is 0. The topological polar surface area (TPSA) is 0 Å². The van der Waals surface area contributed by atoms with E-state index >= 15 is 0 Å².